The number of nitrogens with one attached hydrogen (secondary N) is 2. The molecule has 2 saturated heterocycles. The Kier molecular flexibility index (Phi) is 7.55. The SMILES string of the molecule is CN1CCN(Cc2ccc(NC(=O)C(=N)c3cc(-c4cncc(CN5CCC5)c4)ccc3N)cn2)CC1. The molecule has 0 bridgehead atoms. The fourth-order valence-electron chi connectivity index (χ4n) is 4.63. The van der Waals surface area contributed by atoms with Gasteiger partial charge in [0.2, 0.25) is 0 Å². The molecule has 0 unspecified atom stereocenters. The van der Waals surface area contributed by atoms with Crippen LogP contribution in [-0.4, -0.2) is 82.6 Å². The second-order valence-electron chi connectivity index (χ2n) is 9.96. The smallest absolute Gasteiger partial charge is 0.274 e. The van der Waals surface area contributed by atoms with Gasteiger partial charge in [-0.3, -0.25) is 30.0 Å². The van der Waals surface area contributed by atoms with E-state index in [-0.39, 0.29) is 5.71 Å². The number of pyridine rings is 2. The van der Waals surface area contributed by atoms with Gasteiger partial charge >= 0.3 is 0 Å². The summed E-state index contributed by atoms with van der Waals surface area (Å²) in [6.07, 6.45) is 6.58. The molecule has 3 aromatic rings. The fraction of sp³-hybridized carbons (Fsp3) is 0.357. The number of nitrogen functional groups attached to an aromatic ring is 1. The number of carbonyl (C=O) groups is 1. The molecule has 0 radical (unpaired) electrons. The summed E-state index contributed by atoms with van der Waals surface area (Å²) < 4.78 is 0. The van der Waals surface area contributed by atoms with Crippen molar-refractivity contribution in [3.8, 4) is 11.1 Å². The van der Waals surface area contributed by atoms with Crippen molar-refractivity contribution < 1.29 is 4.79 Å². The lowest BCUT2D eigenvalue weighted by molar-refractivity contribution is -0.110. The average molecular weight is 499 g/mol. The minimum Gasteiger partial charge on any atom is -0.398 e. The van der Waals surface area contributed by atoms with E-state index in [0.717, 1.165) is 74.7 Å². The normalized spacial score (nSPS) is 16.8. The van der Waals surface area contributed by atoms with E-state index < -0.39 is 5.91 Å². The number of hydrogen-bond donors (Lipinski definition) is 3. The number of hydrogen-bond acceptors (Lipinski definition) is 8. The van der Waals surface area contributed by atoms with Crippen molar-refractivity contribution >= 4 is 23.0 Å². The standard InChI is InChI=1S/C28H34N8O/c1-34-9-11-36(12-10-34)19-24-5-4-23(17-32-24)33-28(37)27(30)25-14-21(3-6-26(25)29)22-13-20(15-31-16-22)18-35-7-2-8-35/h3-6,13-17,30H,2,7-12,18-19,29H2,1H3,(H,33,37). The minimum absolute atomic E-state index is 0.189. The molecule has 192 valence electrons. The maximum atomic E-state index is 12.9. The van der Waals surface area contributed by atoms with Gasteiger partial charge in [-0.2, -0.15) is 0 Å². The Bertz CT molecular complexity index is 1260. The molecule has 2 fully saturated rings. The maximum Gasteiger partial charge on any atom is 0.274 e. The third kappa shape index (κ3) is 6.19. The Balaban J connectivity index is 1.24. The highest BCUT2D eigenvalue weighted by Gasteiger charge is 2.18. The third-order valence-electron chi connectivity index (χ3n) is 7.10. The lowest BCUT2D eigenvalue weighted by Gasteiger charge is -2.32. The van der Waals surface area contributed by atoms with Crippen LogP contribution in [0, 0.1) is 5.41 Å². The van der Waals surface area contributed by atoms with Gasteiger partial charge in [0.05, 0.1) is 17.6 Å². The van der Waals surface area contributed by atoms with Gasteiger partial charge in [-0.1, -0.05) is 6.07 Å². The number of amides is 1. The molecule has 9 nitrogen and oxygen atoms in total. The zero-order valence-electron chi connectivity index (χ0n) is 21.3. The summed E-state index contributed by atoms with van der Waals surface area (Å²) >= 11 is 0. The number of likely N-dealkylation sites (N-methyl/N-ethyl adjacent to an activating group) is 1. The van der Waals surface area contributed by atoms with Gasteiger partial charge in [-0.05, 0) is 68.0 Å². The highest BCUT2D eigenvalue weighted by atomic mass is 16.1. The van der Waals surface area contributed by atoms with E-state index in [1.54, 1.807) is 24.5 Å². The van der Waals surface area contributed by atoms with Gasteiger partial charge in [0.25, 0.3) is 5.91 Å². The van der Waals surface area contributed by atoms with Crippen LogP contribution in [0.5, 0.6) is 0 Å². The van der Waals surface area contributed by atoms with Gasteiger partial charge in [0.15, 0.2) is 0 Å². The first-order chi connectivity index (χ1) is 17.9. The van der Waals surface area contributed by atoms with Crippen LogP contribution in [-0.2, 0) is 17.9 Å². The van der Waals surface area contributed by atoms with Crippen LogP contribution in [0.1, 0.15) is 23.2 Å². The van der Waals surface area contributed by atoms with Gasteiger partial charge in [-0.15, -0.1) is 0 Å². The molecule has 0 atom stereocenters. The quantitative estimate of drug-likeness (QED) is 0.323. The molecule has 1 aromatic carbocycles. The van der Waals surface area contributed by atoms with E-state index in [0.29, 0.717) is 16.9 Å². The minimum atomic E-state index is -0.526. The number of nitrogens with zero attached hydrogens (tertiary/aromatic N) is 5. The first kappa shape index (κ1) is 25.0. The number of likely N-dealkylation sites (tertiary alicyclic amines) is 1. The van der Waals surface area contributed by atoms with Crippen molar-refractivity contribution in [3.63, 3.8) is 0 Å². The van der Waals surface area contributed by atoms with Crippen LogP contribution in [0.15, 0.2) is 55.0 Å². The predicted molar refractivity (Wildman–Crippen MR) is 146 cm³/mol. The Morgan fingerprint density at radius 1 is 0.946 bits per heavy atom. The summed E-state index contributed by atoms with van der Waals surface area (Å²) in [6.45, 7) is 8.06. The number of rotatable bonds is 8. The Morgan fingerprint density at radius 2 is 1.73 bits per heavy atom. The molecule has 0 spiro atoms. The van der Waals surface area contributed by atoms with E-state index in [4.69, 9.17) is 11.1 Å². The molecule has 1 amide bonds. The Labute approximate surface area is 217 Å². The topological polar surface area (TPSA) is 114 Å². The van der Waals surface area contributed by atoms with E-state index in [1.807, 2.05) is 24.4 Å². The zero-order chi connectivity index (χ0) is 25.8. The van der Waals surface area contributed by atoms with Crippen molar-refractivity contribution in [1.29, 1.82) is 5.41 Å². The van der Waals surface area contributed by atoms with Crippen molar-refractivity contribution in [2.45, 2.75) is 19.5 Å². The molecule has 4 N–H and O–H groups in total. The molecule has 9 heteroatoms. The second-order valence-corrected chi connectivity index (χ2v) is 9.96. The van der Waals surface area contributed by atoms with Crippen molar-refractivity contribution in [1.82, 2.24) is 24.7 Å². The van der Waals surface area contributed by atoms with Crippen LogP contribution in [0.3, 0.4) is 0 Å². The molecule has 2 aliphatic heterocycles. The summed E-state index contributed by atoms with van der Waals surface area (Å²) in [4.78, 5) is 28.9. The average Bonchev–Trinajstić information content (AvgIpc) is 2.89. The molecule has 5 rings (SSSR count). The van der Waals surface area contributed by atoms with Gasteiger partial charge < -0.3 is 16.0 Å². The molecule has 2 aromatic heterocycles. The Morgan fingerprint density at radius 3 is 2.43 bits per heavy atom. The second kappa shape index (κ2) is 11.2. The Hall–Kier alpha value is -3.66. The largest absolute Gasteiger partial charge is 0.398 e. The summed E-state index contributed by atoms with van der Waals surface area (Å²) in [5, 5.41) is 11.3. The highest BCUT2D eigenvalue weighted by Crippen LogP contribution is 2.25. The third-order valence-corrected chi connectivity index (χ3v) is 7.10. The van der Waals surface area contributed by atoms with E-state index in [1.165, 1.54) is 6.42 Å². The van der Waals surface area contributed by atoms with Crippen LogP contribution < -0.4 is 11.1 Å². The van der Waals surface area contributed by atoms with Gasteiger partial charge in [0.1, 0.15) is 5.71 Å². The summed E-state index contributed by atoms with van der Waals surface area (Å²) in [6, 6.07) is 11.3. The first-order valence-electron chi connectivity index (χ1n) is 12.8. The van der Waals surface area contributed by atoms with Crippen molar-refractivity contribution in [2.75, 3.05) is 57.4 Å². The highest BCUT2D eigenvalue weighted by molar-refractivity contribution is 6.48. The van der Waals surface area contributed by atoms with Gasteiger partial charge in [-0.25, -0.2) is 0 Å². The molecule has 2 aliphatic rings. The molecule has 0 aliphatic carbocycles. The van der Waals surface area contributed by atoms with E-state index in [9.17, 15) is 4.79 Å². The van der Waals surface area contributed by atoms with Crippen LogP contribution in [0.25, 0.3) is 11.1 Å². The molecule has 4 heterocycles. The number of piperazine rings is 1. The number of carbonyl (C=O) groups excluding carboxylic acids is 1. The lowest BCUT2D eigenvalue weighted by Crippen LogP contribution is -2.44. The summed E-state index contributed by atoms with van der Waals surface area (Å²) in [5.74, 6) is -0.526. The number of aromatic nitrogens is 2. The van der Waals surface area contributed by atoms with Crippen molar-refractivity contribution in [3.05, 3.63) is 71.8 Å². The van der Waals surface area contributed by atoms with E-state index in [2.05, 4.69) is 43.1 Å². The molecule has 37 heavy (non-hydrogen) atoms. The van der Waals surface area contributed by atoms with Crippen LogP contribution >= 0.6 is 0 Å². The lowest BCUT2D eigenvalue weighted by atomic mass is 9.99. The first-order valence-corrected chi connectivity index (χ1v) is 12.8. The zero-order valence-corrected chi connectivity index (χ0v) is 21.3. The van der Waals surface area contributed by atoms with Crippen LogP contribution in [0.4, 0.5) is 11.4 Å². The summed E-state index contributed by atoms with van der Waals surface area (Å²) in [7, 11) is 2.14. The van der Waals surface area contributed by atoms with Gasteiger partial charge in [0, 0.05) is 68.5 Å². The number of nitrogens with two attached hydrogens (primary N) is 1. The van der Waals surface area contributed by atoms with Crippen molar-refractivity contribution in [2.24, 2.45) is 0 Å². The number of anilines is 2. The number of benzene rings is 1. The monoisotopic (exact) mass is 498 g/mol. The van der Waals surface area contributed by atoms with E-state index >= 15 is 0 Å². The summed E-state index contributed by atoms with van der Waals surface area (Å²) in [5.41, 5.74) is 11.2. The maximum absolute atomic E-state index is 12.9. The fourth-order valence-corrected chi connectivity index (χ4v) is 4.63. The molecular weight excluding hydrogens is 464 g/mol. The predicted octanol–water partition coefficient (Wildman–Crippen LogP) is 2.69. The molecule has 0 saturated carbocycles. The molecular formula is C28H34N8O. The van der Waals surface area contributed by atoms with Crippen LogP contribution in [0.2, 0.25) is 0 Å².